The van der Waals surface area contributed by atoms with Gasteiger partial charge in [0.25, 0.3) is 0 Å². The molecule has 0 saturated carbocycles. The van der Waals surface area contributed by atoms with E-state index < -0.39 is 18.4 Å². The molecule has 1 aromatic rings. The zero-order valence-electron chi connectivity index (χ0n) is 9.61. The Morgan fingerprint density at radius 2 is 1.89 bits per heavy atom. The maximum absolute atomic E-state index is 11.9. The summed E-state index contributed by atoms with van der Waals surface area (Å²) in [5.41, 5.74) is 0.549. The maximum atomic E-state index is 11.9. The van der Waals surface area contributed by atoms with E-state index in [2.05, 4.69) is 4.74 Å². The van der Waals surface area contributed by atoms with E-state index in [4.69, 9.17) is 5.26 Å². The third-order valence-corrected chi connectivity index (χ3v) is 2.25. The summed E-state index contributed by atoms with van der Waals surface area (Å²) in [7, 11) is 0. The lowest BCUT2D eigenvalue weighted by atomic mass is 9.95. The molecule has 98 valence electrons. The second kappa shape index (κ2) is 5.74. The average Bonchev–Trinajstić information content (AvgIpc) is 2.24. The molecule has 3 nitrogen and oxygen atoms in total. The molecule has 6 heteroatoms. The Labute approximate surface area is 102 Å². The molecule has 0 radical (unpaired) electrons. The Morgan fingerprint density at radius 1 is 1.33 bits per heavy atom. The molecule has 0 aliphatic carbocycles. The van der Waals surface area contributed by atoms with Gasteiger partial charge in [-0.3, -0.25) is 0 Å². The van der Waals surface area contributed by atoms with Gasteiger partial charge in [0.1, 0.15) is 5.75 Å². The predicted octanol–water partition coefficient (Wildman–Crippen LogP) is 2.96. The third-order valence-electron chi connectivity index (χ3n) is 2.25. The molecule has 0 spiro atoms. The highest BCUT2D eigenvalue weighted by Gasteiger charge is 2.31. The Bertz CT molecular complexity index is 420. The third kappa shape index (κ3) is 4.63. The van der Waals surface area contributed by atoms with Crippen molar-refractivity contribution in [3.63, 3.8) is 0 Å². The van der Waals surface area contributed by atoms with Crippen molar-refractivity contribution in [1.29, 1.82) is 5.26 Å². The van der Waals surface area contributed by atoms with Crippen LogP contribution in [-0.4, -0.2) is 17.6 Å². The molecular formula is C12H12F3NO2. The lowest BCUT2D eigenvalue weighted by molar-refractivity contribution is -0.274. The smallest absolute Gasteiger partial charge is 0.406 e. The molecule has 0 aromatic heterocycles. The van der Waals surface area contributed by atoms with Crippen molar-refractivity contribution < 1.29 is 23.0 Å². The van der Waals surface area contributed by atoms with Gasteiger partial charge in [-0.1, -0.05) is 12.1 Å². The Hall–Kier alpha value is -1.74. The minimum atomic E-state index is -4.73. The molecule has 0 aliphatic heterocycles. The second-order valence-corrected chi connectivity index (χ2v) is 3.88. The van der Waals surface area contributed by atoms with E-state index in [0.717, 1.165) is 12.1 Å². The van der Waals surface area contributed by atoms with Gasteiger partial charge in [-0.05, 0) is 31.0 Å². The monoisotopic (exact) mass is 259 g/mol. The highest BCUT2D eigenvalue weighted by atomic mass is 19.4. The van der Waals surface area contributed by atoms with Crippen LogP contribution in [0.25, 0.3) is 0 Å². The molecule has 1 rings (SSSR count). The highest BCUT2D eigenvalue weighted by molar-refractivity contribution is 5.32. The van der Waals surface area contributed by atoms with Gasteiger partial charge in [0, 0.05) is 0 Å². The summed E-state index contributed by atoms with van der Waals surface area (Å²) in [5, 5.41) is 18.1. The van der Waals surface area contributed by atoms with Crippen molar-refractivity contribution in [2.24, 2.45) is 0 Å². The molecular weight excluding hydrogens is 247 g/mol. The summed E-state index contributed by atoms with van der Waals surface area (Å²) in [6.07, 6.45) is -5.15. The van der Waals surface area contributed by atoms with E-state index in [9.17, 15) is 18.3 Å². The average molecular weight is 259 g/mol. The first kappa shape index (κ1) is 14.3. The van der Waals surface area contributed by atoms with Crippen LogP contribution in [0.4, 0.5) is 13.2 Å². The van der Waals surface area contributed by atoms with Crippen LogP contribution in [0.3, 0.4) is 0 Å². The van der Waals surface area contributed by atoms with Crippen LogP contribution >= 0.6 is 0 Å². The Kier molecular flexibility index (Phi) is 4.56. The number of nitrogens with zero attached hydrogens (tertiary/aromatic N) is 1. The number of halogens is 3. The van der Waals surface area contributed by atoms with Crippen LogP contribution in [0.15, 0.2) is 24.3 Å². The quantitative estimate of drug-likeness (QED) is 0.904. The number of alkyl halides is 3. The molecule has 0 aliphatic rings. The van der Waals surface area contributed by atoms with E-state index in [0.29, 0.717) is 5.56 Å². The van der Waals surface area contributed by atoms with Crippen molar-refractivity contribution in [3.8, 4) is 11.8 Å². The van der Waals surface area contributed by atoms with Gasteiger partial charge in [-0.25, -0.2) is 0 Å². The lowest BCUT2D eigenvalue weighted by Gasteiger charge is -2.13. The van der Waals surface area contributed by atoms with E-state index in [1.807, 2.05) is 6.07 Å². The number of rotatable bonds is 4. The van der Waals surface area contributed by atoms with E-state index in [-0.39, 0.29) is 12.2 Å². The van der Waals surface area contributed by atoms with Gasteiger partial charge in [0.15, 0.2) is 0 Å². The molecule has 0 fully saturated rings. The van der Waals surface area contributed by atoms with Crippen molar-refractivity contribution in [3.05, 3.63) is 29.8 Å². The standard InChI is InChI=1S/C12H12F3NO2/c1-8(17)6-10(7-16)9-2-4-11(5-3-9)18-12(13,14)15/h2-5,8,10,17H,6H2,1H3. The Morgan fingerprint density at radius 3 is 2.28 bits per heavy atom. The summed E-state index contributed by atoms with van der Waals surface area (Å²) < 4.78 is 39.5. The first-order valence-corrected chi connectivity index (χ1v) is 5.25. The summed E-state index contributed by atoms with van der Waals surface area (Å²) in [6.45, 7) is 1.55. The van der Waals surface area contributed by atoms with Crippen molar-refractivity contribution in [2.45, 2.75) is 31.7 Å². The normalized spacial score (nSPS) is 14.7. The zero-order chi connectivity index (χ0) is 13.8. The minimum Gasteiger partial charge on any atom is -0.406 e. The molecule has 0 heterocycles. The van der Waals surface area contributed by atoms with Gasteiger partial charge in [0.05, 0.1) is 18.1 Å². The topological polar surface area (TPSA) is 53.2 Å². The van der Waals surface area contributed by atoms with Gasteiger partial charge < -0.3 is 9.84 Å². The largest absolute Gasteiger partial charge is 0.573 e. The van der Waals surface area contributed by atoms with Gasteiger partial charge in [-0.2, -0.15) is 5.26 Å². The molecule has 1 N–H and O–H groups in total. The van der Waals surface area contributed by atoms with Gasteiger partial charge in [-0.15, -0.1) is 13.2 Å². The summed E-state index contributed by atoms with van der Waals surface area (Å²) in [4.78, 5) is 0. The number of benzene rings is 1. The molecule has 2 unspecified atom stereocenters. The number of aliphatic hydroxyl groups excluding tert-OH is 1. The molecule has 18 heavy (non-hydrogen) atoms. The predicted molar refractivity (Wildman–Crippen MR) is 57.8 cm³/mol. The van der Waals surface area contributed by atoms with E-state index >= 15 is 0 Å². The molecule has 0 bridgehead atoms. The van der Waals surface area contributed by atoms with E-state index in [1.54, 1.807) is 6.92 Å². The highest BCUT2D eigenvalue weighted by Crippen LogP contribution is 2.26. The summed E-state index contributed by atoms with van der Waals surface area (Å²) in [6, 6.07) is 7.06. The SMILES string of the molecule is CC(O)CC(C#N)c1ccc(OC(F)(F)F)cc1. The summed E-state index contributed by atoms with van der Waals surface area (Å²) in [5.74, 6) is -0.884. The number of hydrogen-bond acceptors (Lipinski definition) is 3. The van der Waals surface area contributed by atoms with Gasteiger partial charge in [0.2, 0.25) is 0 Å². The lowest BCUT2D eigenvalue weighted by Crippen LogP contribution is -2.17. The fraction of sp³-hybridized carbons (Fsp3) is 0.417. The molecule has 1 aromatic carbocycles. The van der Waals surface area contributed by atoms with Crippen LogP contribution in [0.5, 0.6) is 5.75 Å². The number of hydrogen-bond donors (Lipinski definition) is 1. The van der Waals surface area contributed by atoms with Crippen molar-refractivity contribution in [1.82, 2.24) is 0 Å². The molecule has 0 saturated heterocycles. The van der Waals surface area contributed by atoms with Crippen molar-refractivity contribution >= 4 is 0 Å². The molecule has 0 amide bonds. The first-order valence-electron chi connectivity index (χ1n) is 5.25. The van der Waals surface area contributed by atoms with Crippen LogP contribution in [0, 0.1) is 11.3 Å². The minimum absolute atomic E-state index is 0.232. The van der Waals surface area contributed by atoms with Gasteiger partial charge >= 0.3 is 6.36 Å². The maximum Gasteiger partial charge on any atom is 0.573 e. The van der Waals surface area contributed by atoms with Crippen LogP contribution in [0.2, 0.25) is 0 Å². The van der Waals surface area contributed by atoms with E-state index in [1.165, 1.54) is 12.1 Å². The first-order chi connectivity index (χ1) is 8.31. The number of aliphatic hydroxyl groups is 1. The Balaban J connectivity index is 2.79. The van der Waals surface area contributed by atoms with Crippen molar-refractivity contribution in [2.75, 3.05) is 0 Å². The van der Waals surface area contributed by atoms with Crippen LogP contribution < -0.4 is 4.74 Å². The fourth-order valence-corrected chi connectivity index (χ4v) is 1.51. The van der Waals surface area contributed by atoms with Crippen LogP contribution in [0.1, 0.15) is 24.8 Å². The van der Waals surface area contributed by atoms with Crippen LogP contribution in [-0.2, 0) is 0 Å². The fourth-order valence-electron chi connectivity index (χ4n) is 1.51. The zero-order valence-corrected chi connectivity index (χ0v) is 9.61. The molecule has 2 atom stereocenters. The summed E-state index contributed by atoms with van der Waals surface area (Å²) >= 11 is 0. The second-order valence-electron chi connectivity index (χ2n) is 3.88. The number of nitriles is 1. The number of ether oxygens (including phenoxy) is 1.